The fourth-order valence-corrected chi connectivity index (χ4v) is 4.44. The molecule has 1 aliphatic heterocycles. The third-order valence-corrected chi connectivity index (χ3v) is 6.13. The Bertz CT molecular complexity index is 607. The van der Waals surface area contributed by atoms with E-state index in [0.717, 1.165) is 5.57 Å². The highest BCUT2D eigenvalue weighted by Crippen LogP contribution is 2.57. The number of fused-ring (bicyclic) bond motifs is 2. The quantitative estimate of drug-likeness (QED) is 0.477. The zero-order valence-corrected chi connectivity index (χ0v) is 14.6. The maximum Gasteiger partial charge on any atom is 0.334 e. The second-order valence-electron chi connectivity index (χ2n) is 7.98. The van der Waals surface area contributed by atoms with Crippen LogP contribution < -0.4 is 0 Å². The van der Waals surface area contributed by atoms with E-state index < -0.39 is 17.6 Å². The van der Waals surface area contributed by atoms with Gasteiger partial charge in [-0.1, -0.05) is 33.9 Å². The molecule has 3 rings (SSSR count). The van der Waals surface area contributed by atoms with Crippen LogP contribution in [0.4, 0.5) is 0 Å². The van der Waals surface area contributed by atoms with Crippen molar-refractivity contribution in [2.75, 3.05) is 0 Å². The van der Waals surface area contributed by atoms with Gasteiger partial charge in [0, 0.05) is 23.3 Å². The summed E-state index contributed by atoms with van der Waals surface area (Å²) >= 11 is 0. The molecule has 5 heteroatoms. The topological polar surface area (TPSA) is 72.8 Å². The van der Waals surface area contributed by atoms with E-state index in [1.165, 1.54) is 0 Å². The minimum absolute atomic E-state index is 0.0290. The predicted octanol–water partition coefficient (Wildman–Crippen LogP) is 2.39. The lowest BCUT2D eigenvalue weighted by Gasteiger charge is -2.53. The van der Waals surface area contributed by atoms with Gasteiger partial charge >= 0.3 is 11.9 Å². The maximum atomic E-state index is 12.0. The standard InChI is InChI=1S/C19H26O5/c1-9(2)17(21)23-14-7-16(20)19(5)8-15-12(6-13(19)11(14)4)10(3)18(22)24-15/h9,12-16,20H,3-4,6-8H2,1-2,5H3/t12-,13+,14-,15-,16+,19-/m1/s1. The molecule has 5 nitrogen and oxygen atoms in total. The first-order valence-electron chi connectivity index (χ1n) is 8.62. The van der Waals surface area contributed by atoms with E-state index in [-0.39, 0.29) is 35.8 Å². The van der Waals surface area contributed by atoms with Crippen molar-refractivity contribution >= 4 is 11.9 Å². The van der Waals surface area contributed by atoms with E-state index in [9.17, 15) is 14.7 Å². The molecular formula is C19H26O5. The van der Waals surface area contributed by atoms with Gasteiger partial charge in [-0.2, -0.15) is 0 Å². The van der Waals surface area contributed by atoms with Gasteiger partial charge in [-0.3, -0.25) is 4.79 Å². The fourth-order valence-electron chi connectivity index (χ4n) is 4.44. The summed E-state index contributed by atoms with van der Waals surface area (Å²) in [5.74, 6) is -0.915. The molecule has 1 heterocycles. The zero-order chi connectivity index (χ0) is 17.8. The predicted molar refractivity (Wildman–Crippen MR) is 87.8 cm³/mol. The summed E-state index contributed by atoms with van der Waals surface area (Å²) in [4.78, 5) is 23.8. The molecule has 2 aliphatic carbocycles. The summed E-state index contributed by atoms with van der Waals surface area (Å²) in [7, 11) is 0. The number of aliphatic hydroxyl groups is 1. The summed E-state index contributed by atoms with van der Waals surface area (Å²) in [5.41, 5.74) is 0.914. The maximum absolute atomic E-state index is 12.0. The lowest BCUT2D eigenvalue weighted by molar-refractivity contribution is -0.163. The normalized spacial score (nSPS) is 41.7. The molecule has 3 fully saturated rings. The van der Waals surface area contributed by atoms with Gasteiger partial charge in [0.2, 0.25) is 0 Å². The van der Waals surface area contributed by atoms with E-state index >= 15 is 0 Å². The number of esters is 2. The Balaban J connectivity index is 1.84. The summed E-state index contributed by atoms with van der Waals surface area (Å²) in [6.45, 7) is 13.6. The monoisotopic (exact) mass is 334 g/mol. The van der Waals surface area contributed by atoms with Gasteiger partial charge < -0.3 is 14.6 Å². The SMILES string of the molecule is C=C1C(=O)O[C@@H]2C[C@@]3(C)[C@@H](O)C[C@@H](OC(=O)C(C)C)C(=C)[C@@H]3C[C@H]12. The highest BCUT2D eigenvalue weighted by molar-refractivity contribution is 5.90. The Morgan fingerprint density at radius 3 is 2.67 bits per heavy atom. The van der Waals surface area contributed by atoms with Gasteiger partial charge in [0.25, 0.3) is 0 Å². The minimum atomic E-state index is -0.633. The van der Waals surface area contributed by atoms with Crippen LogP contribution in [0.3, 0.4) is 0 Å². The van der Waals surface area contributed by atoms with Crippen LogP contribution in [0.5, 0.6) is 0 Å². The molecule has 0 spiro atoms. The van der Waals surface area contributed by atoms with Crippen LogP contribution in [0.25, 0.3) is 0 Å². The molecule has 0 radical (unpaired) electrons. The fraction of sp³-hybridized carbons (Fsp3) is 0.684. The zero-order valence-electron chi connectivity index (χ0n) is 14.6. The smallest absolute Gasteiger partial charge is 0.334 e. The average molecular weight is 334 g/mol. The molecule has 3 aliphatic rings. The van der Waals surface area contributed by atoms with Gasteiger partial charge in [0.05, 0.1) is 12.0 Å². The Morgan fingerprint density at radius 2 is 2.04 bits per heavy atom. The van der Waals surface area contributed by atoms with E-state index in [0.29, 0.717) is 24.8 Å². The van der Waals surface area contributed by atoms with Crippen LogP contribution >= 0.6 is 0 Å². The van der Waals surface area contributed by atoms with Gasteiger partial charge in [-0.05, 0) is 24.3 Å². The molecule has 132 valence electrons. The minimum Gasteiger partial charge on any atom is -0.458 e. The number of carbonyl (C=O) groups excluding carboxylic acids is 2. The van der Waals surface area contributed by atoms with E-state index in [1.807, 2.05) is 6.92 Å². The molecule has 0 aromatic rings. The van der Waals surface area contributed by atoms with Gasteiger partial charge in [0.1, 0.15) is 12.2 Å². The highest BCUT2D eigenvalue weighted by atomic mass is 16.6. The summed E-state index contributed by atoms with van der Waals surface area (Å²) in [6, 6.07) is 0. The Kier molecular flexibility index (Phi) is 4.11. The molecule has 6 atom stereocenters. The van der Waals surface area contributed by atoms with Crippen molar-refractivity contribution < 1.29 is 24.2 Å². The number of ether oxygens (including phenoxy) is 2. The number of hydrogen-bond donors (Lipinski definition) is 1. The van der Waals surface area contributed by atoms with Crippen molar-refractivity contribution in [3.8, 4) is 0 Å². The molecule has 0 aromatic carbocycles. The molecule has 0 unspecified atom stereocenters. The molecule has 24 heavy (non-hydrogen) atoms. The van der Waals surface area contributed by atoms with E-state index in [2.05, 4.69) is 13.2 Å². The van der Waals surface area contributed by atoms with Crippen molar-refractivity contribution in [3.63, 3.8) is 0 Å². The van der Waals surface area contributed by atoms with Gasteiger partial charge in [-0.15, -0.1) is 0 Å². The number of rotatable bonds is 2. The molecule has 0 bridgehead atoms. The van der Waals surface area contributed by atoms with Crippen molar-refractivity contribution in [1.82, 2.24) is 0 Å². The van der Waals surface area contributed by atoms with E-state index in [1.54, 1.807) is 13.8 Å². The van der Waals surface area contributed by atoms with Gasteiger partial charge in [-0.25, -0.2) is 4.79 Å². The molecule has 1 N–H and O–H groups in total. The van der Waals surface area contributed by atoms with Crippen LogP contribution in [0.1, 0.15) is 40.0 Å². The molecule has 2 saturated carbocycles. The van der Waals surface area contributed by atoms with Crippen LogP contribution in [0, 0.1) is 23.2 Å². The molecule has 1 saturated heterocycles. The summed E-state index contributed by atoms with van der Waals surface area (Å²) < 4.78 is 11.0. The average Bonchev–Trinajstić information content (AvgIpc) is 2.77. The summed E-state index contributed by atoms with van der Waals surface area (Å²) in [5, 5.41) is 10.8. The second-order valence-corrected chi connectivity index (χ2v) is 7.98. The number of carbonyl (C=O) groups is 2. The van der Waals surface area contributed by atoms with Crippen molar-refractivity contribution in [2.24, 2.45) is 23.2 Å². The largest absolute Gasteiger partial charge is 0.458 e. The Labute approximate surface area is 142 Å². The lowest BCUT2D eigenvalue weighted by Crippen LogP contribution is -2.54. The van der Waals surface area contributed by atoms with E-state index in [4.69, 9.17) is 9.47 Å². The first-order valence-corrected chi connectivity index (χ1v) is 8.62. The van der Waals surface area contributed by atoms with Crippen molar-refractivity contribution in [3.05, 3.63) is 24.3 Å². The highest BCUT2D eigenvalue weighted by Gasteiger charge is 2.58. The number of hydrogen-bond acceptors (Lipinski definition) is 5. The van der Waals surface area contributed by atoms with Crippen LogP contribution in [-0.4, -0.2) is 35.4 Å². The lowest BCUT2D eigenvalue weighted by atomic mass is 9.54. The Hall–Kier alpha value is -1.62. The first kappa shape index (κ1) is 17.2. The third kappa shape index (κ3) is 2.50. The van der Waals surface area contributed by atoms with Crippen molar-refractivity contribution in [2.45, 2.75) is 58.3 Å². The second kappa shape index (κ2) is 5.73. The van der Waals surface area contributed by atoms with Gasteiger partial charge in [0.15, 0.2) is 0 Å². The molecule has 0 aromatic heterocycles. The number of aliphatic hydroxyl groups excluding tert-OH is 1. The Morgan fingerprint density at radius 1 is 1.38 bits per heavy atom. The summed E-state index contributed by atoms with van der Waals surface area (Å²) in [6.07, 6.45) is 0.247. The van der Waals surface area contributed by atoms with Crippen LogP contribution in [-0.2, 0) is 19.1 Å². The van der Waals surface area contributed by atoms with Crippen molar-refractivity contribution in [1.29, 1.82) is 0 Å². The third-order valence-electron chi connectivity index (χ3n) is 6.13. The first-order chi connectivity index (χ1) is 11.1. The molecular weight excluding hydrogens is 308 g/mol. The van der Waals surface area contributed by atoms with Crippen LogP contribution in [0.2, 0.25) is 0 Å². The van der Waals surface area contributed by atoms with Crippen LogP contribution in [0.15, 0.2) is 24.3 Å². The molecule has 0 amide bonds.